The smallest absolute Gasteiger partial charge is 0.129 e. The SMILES string of the molecule is Fc1cc(F)cc(OCCCS)c1. The van der Waals surface area contributed by atoms with Gasteiger partial charge in [-0.05, 0) is 12.2 Å². The summed E-state index contributed by atoms with van der Waals surface area (Å²) in [5, 5.41) is 0. The van der Waals surface area contributed by atoms with E-state index in [2.05, 4.69) is 12.6 Å². The van der Waals surface area contributed by atoms with Crippen molar-refractivity contribution < 1.29 is 13.5 Å². The normalized spacial score (nSPS) is 10.1. The lowest BCUT2D eigenvalue weighted by atomic mass is 10.3. The molecule has 1 aromatic carbocycles. The highest BCUT2D eigenvalue weighted by Gasteiger charge is 2.00. The number of halogens is 2. The largest absolute Gasteiger partial charge is 0.493 e. The lowest BCUT2D eigenvalue weighted by Gasteiger charge is -2.04. The fourth-order valence-corrected chi connectivity index (χ4v) is 0.996. The van der Waals surface area contributed by atoms with Gasteiger partial charge in [0.25, 0.3) is 0 Å². The Morgan fingerprint density at radius 1 is 1.15 bits per heavy atom. The van der Waals surface area contributed by atoms with Crippen LogP contribution >= 0.6 is 12.6 Å². The molecule has 0 radical (unpaired) electrons. The van der Waals surface area contributed by atoms with Crippen LogP contribution in [0.1, 0.15) is 6.42 Å². The second kappa shape index (κ2) is 5.07. The summed E-state index contributed by atoms with van der Waals surface area (Å²) >= 11 is 3.98. The van der Waals surface area contributed by atoms with Gasteiger partial charge < -0.3 is 4.74 Å². The maximum Gasteiger partial charge on any atom is 0.129 e. The Kier molecular flexibility index (Phi) is 4.02. The van der Waals surface area contributed by atoms with Crippen molar-refractivity contribution in [3.05, 3.63) is 29.8 Å². The molecule has 0 bridgehead atoms. The second-order valence-electron chi connectivity index (χ2n) is 2.53. The van der Waals surface area contributed by atoms with Crippen molar-refractivity contribution in [3.8, 4) is 5.75 Å². The van der Waals surface area contributed by atoms with Crippen LogP contribution in [-0.4, -0.2) is 12.4 Å². The number of hydrogen-bond acceptors (Lipinski definition) is 2. The topological polar surface area (TPSA) is 9.23 Å². The summed E-state index contributed by atoms with van der Waals surface area (Å²) in [5.41, 5.74) is 0. The third kappa shape index (κ3) is 3.63. The molecular formula is C9H10F2OS. The molecule has 0 aromatic heterocycles. The standard InChI is InChI=1S/C9H10F2OS/c10-7-4-8(11)6-9(5-7)12-2-1-3-13/h4-6,13H,1-3H2. The summed E-state index contributed by atoms with van der Waals surface area (Å²) in [5.74, 6) is -0.335. The van der Waals surface area contributed by atoms with Gasteiger partial charge in [0.05, 0.1) is 6.61 Å². The van der Waals surface area contributed by atoms with E-state index in [1.165, 1.54) is 0 Å². The molecule has 0 saturated carbocycles. The number of benzene rings is 1. The summed E-state index contributed by atoms with van der Waals surface area (Å²) in [4.78, 5) is 0. The Balaban J connectivity index is 2.56. The van der Waals surface area contributed by atoms with E-state index in [9.17, 15) is 8.78 Å². The predicted molar refractivity (Wildman–Crippen MR) is 50.3 cm³/mol. The highest BCUT2D eigenvalue weighted by molar-refractivity contribution is 7.80. The zero-order valence-corrected chi connectivity index (χ0v) is 7.86. The summed E-state index contributed by atoms with van der Waals surface area (Å²) in [6, 6.07) is 3.12. The Labute approximate surface area is 81.1 Å². The van der Waals surface area contributed by atoms with Crippen molar-refractivity contribution in [2.75, 3.05) is 12.4 Å². The summed E-state index contributed by atoms with van der Waals surface area (Å²) in [7, 11) is 0. The van der Waals surface area contributed by atoms with Gasteiger partial charge in [0.1, 0.15) is 17.4 Å². The average Bonchev–Trinajstić information content (AvgIpc) is 2.03. The fourth-order valence-electron chi connectivity index (χ4n) is 0.866. The van der Waals surface area contributed by atoms with Crippen molar-refractivity contribution in [2.45, 2.75) is 6.42 Å². The van der Waals surface area contributed by atoms with Crippen LogP contribution in [0.5, 0.6) is 5.75 Å². The van der Waals surface area contributed by atoms with E-state index in [0.29, 0.717) is 12.4 Å². The highest BCUT2D eigenvalue weighted by Crippen LogP contribution is 2.15. The summed E-state index contributed by atoms with van der Waals surface area (Å²) in [6.45, 7) is 0.423. The Morgan fingerprint density at radius 3 is 2.31 bits per heavy atom. The van der Waals surface area contributed by atoms with Crippen molar-refractivity contribution in [1.82, 2.24) is 0 Å². The van der Waals surface area contributed by atoms with E-state index >= 15 is 0 Å². The molecule has 72 valence electrons. The van der Waals surface area contributed by atoms with E-state index in [4.69, 9.17) is 4.74 Å². The van der Waals surface area contributed by atoms with Crippen LogP contribution in [0, 0.1) is 11.6 Å². The molecule has 0 heterocycles. The van der Waals surface area contributed by atoms with E-state index in [1.54, 1.807) is 0 Å². The van der Waals surface area contributed by atoms with Crippen LogP contribution in [-0.2, 0) is 0 Å². The molecule has 0 amide bonds. The molecular weight excluding hydrogens is 194 g/mol. The molecule has 1 aromatic rings. The maximum absolute atomic E-state index is 12.6. The molecule has 0 atom stereocenters. The third-order valence-corrected chi connectivity index (χ3v) is 1.72. The van der Waals surface area contributed by atoms with Crippen LogP contribution in [0.25, 0.3) is 0 Å². The second-order valence-corrected chi connectivity index (χ2v) is 2.98. The van der Waals surface area contributed by atoms with Crippen LogP contribution < -0.4 is 4.74 Å². The number of rotatable bonds is 4. The number of ether oxygens (including phenoxy) is 1. The first-order valence-corrected chi connectivity index (χ1v) is 4.55. The van der Waals surface area contributed by atoms with Gasteiger partial charge in [-0.15, -0.1) is 0 Å². The molecule has 0 saturated heterocycles. The molecule has 0 aliphatic rings. The zero-order chi connectivity index (χ0) is 9.68. The van der Waals surface area contributed by atoms with Gasteiger partial charge in [-0.25, -0.2) is 8.78 Å². The minimum Gasteiger partial charge on any atom is -0.493 e. The molecule has 1 nitrogen and oxygen atoms in total. The first kappa shape index (κ1) is 10.3. The van der Waals surface area contributed by atoms with Gasteiger partial charge in [0, 0.05) is 18.2 Å². The van der Waals surface area contributed by atoms with Crippen molar-refractivity contribution in [2.24, 2.45) is 0 Å². The predicted octanol–water partition coefficient (Wildman–Crippen LogP) is 2.66. The molecule has 4 heteroatoms. The monoisotopic (exact) mass is 204 g/mol. The molecule has 0 spiro atoms. The lowest BCUT2D eigenvalue weighted by molar-refractivity contribution is 0.315. The summed E-state index contributed by atoms with van der Waals surface area (Å²) in [6.07, 6.45) is 0.751. The van der Waals surface area contributed by atoms with Crippen molar-refractivity contribution in [3.63, 3.8) is 0 Å². The Bertz CT molecular complexity index is 258. The summed E-state index contributed by atoms with van der Waals surface area (Å²) < 4.78 is 30.3. The minimum absolute atomic E-state index is 0.222. The molecule has 13 heavy (non-hydrogen) atoms. The molecule has 0 aliphatic carbocycles. The van der Waals surface area contributed by atoms with Crippen molar-refractivity contribution in [1.29, 1.82) is 0 Å². The molecule has 0 unspecified atom stereocenters. The third-order valence-electron chi connectivity index (χ3n) is 1.41. The average molecular weight is 204 g/mol. The molecule has 1 rings (SSSR count). The highest BCUT2D eigenvalue weighted by atomic mass is 32.1. The van der Waals surface area contributed by atoms with Gasteiger partial charge in [0.15, 0.2) is 0 Å². The van der Waals surface area contributed by atoms with E-state index in [1.807, 2.05) is 0 Å². The fraction of sp³-hybridized carbons (Fsp3) is 0.333. The van der Waals surface area contributed by atoms with Gasteiger partial charge in [-0.3, -0.25) is 0 Å². The maximum atomic E-state index is 12.6. The van der Waals surface area contributed by atoms with Crippen LogP contribution in [0.4, 0.5) is 8.78 Å². The van der Waals surface area contributed by atoms with E-state index in [0.717, 1.165) is 24.6 Å². The van der Waals surface area contributed by atoms with Gasteiger partial charge in [0.2, 0.25) is 0 Å². The molecule has 0 aliphatic heterocycles. The Morgan fingerprint density at radius 2 is 1.77 bits per heavy atom. The van der Waals surface area contributed by atoms with Crippen LogP contribution in [0.3, 0.4) is 0 Å². The Hall–Kier alpha value is -0.770. The van der Waals surface area contributed by atoms with Crippen LogP contribution in [0.15, 0.2) is 18.2 Å². The lowest BCUT2D eigenvalue weighted by Crippen LogP contribution is -1.98. The van der Waals surface area contributed by atoms with Crippen LogP contribution in [0.2, 0.25) is 0 Å². The van der Waals surface area contributed by atoms with Gasteiger partial charge in [-0.1, -0.05) is 0 Å². The van der Waals surface area contributed by atoms with Crippen molar-refractivity contribution >= 4 is 12.6 Å². The van der Waals surface area contributed by atoms with Gasteiger partial charge >= 0.3 is 0 Å². The zero-order valence-electron chi connectivity index (χ0n) is 6.96. The first-order valence-electron chi connectivity index (χ1n) is 3.92. The minimum atomic E-state index is -0.624. The number of hydrogen-bond donors (Lipinski definition) is 1. The molecule has 0 N–H and O–H groups in total. The number of thiol groups is 1. The first-order chi connectivity index (χ1) is 6.22. The quantitative estimate of drug-likeness (QED) is 0.586. The van der Waals surface area contributed by atoms with Gasteiger partial charge in [-0.2, -0.15) is 12.6 Å². The molecule has 0 fully saturated rings. The van der Waals surface area contributed by atoms with E-state index in [-0.39, 0.29) is 5.75 Å². The van der Waals surface area contributed by atoms with E-state index < -0.39 is 11.6 Å².